The standard InChI is InChI=1S/C13H19F2N3O/c1-16-11-3-2-6-18(13(11)19)10-4-7-17(8-5-10)9-12(14)15/h2-3,6,10,12,16H,4-5,7-9H2,1H3. The highest BCUT2D eigenvalue weighted by atomic mass is 19.3. The molecule has 1 aliphatic rings. The summed E-state index contributed by atoms with van der Waals surface area (Å²) in [6, 6.07) is 3.68. The molecule has 106 valence electrons. The van der Waals surface area contributed by atoms with Gasteiger partial charge in [0.1, 0.15) is 5.69 Å². The van der Waals surface area contributed by atoms with Crippen LogP contribution in [0.1, 0.15) is 18.9 Å². The van der Waals surface area contributed by atoms with Gasteiger partial charge in [-0.1, -0.05) is 0 Å². The Balaban J connectivity index is 2.04. The summed E-state index contributed by atoms with van der Waals surface area (Å²) in [6.07, 6.45) is 0.961. The number of pyridine rings is 1. The first kappa shape index (κ1) is 14.0. The molecular formula is C13H19F2N3O. The van der Waals surface area contributed by atoms with Crippen LogP contribution in [0.4, 0.5) is 14.5 Å². The van der Waals surface area contributed by atoms with E-state index < -0.39 is 6.43 Å². The van der Waals surface area contributed by atoms with Crippen LogP contribution in [0.2, 0.25) is 0 Å². The van der Waals surface area contributed by atoms with Crippen molar-refractivity contribution in [3.05, 3.63) is 28.7 Å². The van der Waals surface area contributed by atoms with Crippen molar-refractivity contribution in [2.24, 2.45) is 0 Å². The first-order valence-corrected chi connectivity index (χ1v) is 6.51. The largest absolute Gasteiger partial charge is 0.384 e. The van der Waals surface area contributed by atoms with Crippen molar-refractivity contribution in [1.29, 1.82) is 0 Å². The molecule has 0 amide bonds. The number of rotatable bonds is 4. The van der Waals surface area contributed by atoms with Gasteiger partial charge in [-0.3, -0.25) is 9.69 Å². The Labute approximate surface area is 111 Å². The van der Waals surface area contributed by atoms with Crippen LogP contribution in [0.5, 0.6) is 0 Å². The molecule has 1 aromatic rings. The number of nitrogens with one attached hydrogen (secondary N) is 1. The fraction of sp³-hybridized carbons (Fsp3) is 0.615. The predicted octanol–water partition coefficient (Wildman–Crippen LogP) is 1.79. The summed E-state index contributed by atoms with van der Waals surface area (Å²) in [7, 11) is 1.71. The van der Waals surface area contributed by atoms with E-state index in [1.165, 1.54) is 0 Å². The average molecular weight is 271 g/mol. The summed E-state index contributed by atoms with van der Waals surface area (Å²) in [5.41, 5.74) is 0.523. The van der Waals surface area contributed by atoms with Gasteiger partial charge in [0, 0.05) is 32.4 Å². The van der Waals surface area contributed by atoms with Crippen molar-refractivity contribution >= 4 is 5.69 Å². The summed E-state index contributed by atoms with van der Waals surface area (Å²) < 4.78 is 26.3. The van der Waals surface area contributed by atoms with Crippen molar-refractivity contribution in [3.8, 4) is 0 Å². The Kier molecular flexibility index (Phi) is 4.52. The van der Waals surface area contributed by atoms with Gasteiger partial charge in [-0.05, 0) is 25.0 Å². The molecule has 0 saturated carbocycles. The number of piperidine rings is 1. The lowest BCUT2D eigenvalue weighted by atomic mass is 10.0. The molecule has 0 radical (unpaired) electrons. The third-order valence-corrected chi connectivity index (χ3v) is 3.59. The SMILES string of the molecule is CNc1cccn(C2CCN(CC(F)F)CC2)c1=O. The van der Waals surface area contributed by atoms with Crippen molar-refractivity contribution in [1.82, 2.24) is 9.47 Å². The molecule has 2 heterocycles. The normalized spacial score (nSPS) is 17.9. The number of hydrogen-bond donors (Lipinski definition) is 1. The molecule has 1 aromatic heterocycles. The molecule has 1 saturated heterocycles. The first-order chi connectivity index (χ1) is 9.11. The lowest BCUT2D eigenvalue weighted by Crippen LogP contribution is -2.39. The number of nitrogens with zero attached hydrogens (tertiary/aromatic N) is 2. The van der Waals surface area contributed by atoms with E-state index in [0.29, 0.717) is 18.8 Å². The van der Waals surface area contributed by atoms with Gasteiger partial charge in [0.25, 0.3) is 12.0 Å². The van der Waals surface area contributed by atoms with E-state index >= 15 is 0 Å². The minimum Gasteiger partial charge on any atom is -0.384 e. The van der Waals surface area contributed by atoms with Crippen molar-refractivity contribution < 1.29 is 8.78 Å². The molecule has 0 unspecified atom stereocenters. The molecule has 1 aliphatic heterocycles. The van der Waals surface area contributed by atoms with E-state index in [4.69, 9.17) is 0 Å². The molecular weight excluding hydrogens is 252 g/mol. The summed E-state index contributed by atoms with van der Waals surface area (Å²) in [6.45, 7) is 1.06. The van der Waals surface area contributed by atoms with Crippen LogP contribution in [0.25, 0.3) is 0 Å². The maximum Gasteiger partial charge on any atom is 0.274 e. The monoisotopic (exact) mass is 271 g/mol. The van der Waals surface area contributed by atoms with Gasteiger partial charge < -0.3 is 9.88 Å². The van der Waals surface area contributed by atoms with Gasteiger partial charge in [-0.15, -0.1) is 0 Å². The number of anilines is 1. The molecule has 6 heteroatoms. The van der Waals surface area contributed by atoms with E-state index in [1.54, 1.807) is 28.8 Å². The molecule has 0 bridgehead atoms. The Hall–Kier alpha value is -1.43. The molecule has 19 heavy (non-hydrogen) atoms. The van der Waals surface area contributed by atoms with E-state index in [1.807, 2.05) is 6.07 Å². The summed E-state index contributed by atoms with van der Waals surface area (Å²) >= 11 is 0. The van der Waals surface area contributed by atoms with E-state index in [2.05, 4.69) is 5.32 Å². The van der Waals surface area contributed by atoms with Gasteiger partial charge in [-0.25, -0.2) is 8.78 Å². The number of likely N-dealkylation sites (tertiary alicyclic amines) is 1. The maximum atomic E-state index is 12.3. The third-order valence-electron chi connectivity index (χ3n) is 3.59. The highest BCUT2D eigenvalue weighted by Gasteiger charge is 2.23. The van der Waals surface area contributed by atoms with Crippen molar-refractivity contribution in [2.75, 3.05) is 32.0 Å². The van der Waals surface area contributed by atoms with Crippen molar-refractivity contribution in [3.63, 3.8) is 0 Å². The average Bonchev–Trinajstić information content (AvgIpc) is 2.39. The minimum absolute atomic E-state index is 0.0442. The van der Waals surface area contributed by atoms with Crippen LogP contribution in [-0.2, 0) is 0 Å². The number of aromatic nitrogens is 1. The second kappa shape index (κ2) is 6.14. The van der Waals surface area contributed by atoms with E-state index in [-0.39, 0.29) is 18.1 Å². The molecule has 0 atom stereocenters. The quantitative estimate of drug-likeness (QED) is 0.907. The Morgan fingerprint density at radius 2 is 2.11 bits per heavy atom. The van der Waals surface area contributed by atoms with Gasteiger partial charge in [0.05, 0.1) is 6.54 Å². The number of hydrogen-bond acceptors (Lipinski definition) is 3. The fourth-order valence-electron chi connectivity index (χ4n) is 2.56. The third kappa shape index (κ3) is 3.32. The number of halogens is 2. The zero-order valence-corrected chi connectivity index (χ0v) is 11.0. The van der Waals surface area contributed by atoms with Crippen LogP contribution in [0, 0.1) is 0 Å². The minimum atomic E-state index is -2.29. The van der Waals surface area contributed by atoms with Crippen LogP contribution >= 0.6 is 0 Å². The lowest BCUT2D eigenvalue weighted by molar-refractivity contribution is 0.0699. The summed E-state index contributed by atoms with van der Waals surface area (Å²) in [5.74, 6) is 0. The summed E-state index contributed by atoms with van der Waals surface area (Å²) in [5, 5.41) is 2.87. The molecule has 2 rings (SSSR count). The smallest absolute Gasteiger partial charge is 0.274 e. The molecule has 4 nitrogen and oxygen atoms in total. The Bertz CT molecular complexity index is 467. The molecule has 0 spiro atoms. The highest BCUT2D eigenvalue weighted by Crippen LogP contribution is 2.21. The Morgan fingerprint density at radius 1 is 1.42 bits per heavy atom. The highest BCUT2D eigenvalue weighted by molar-refractivity contribution is 5.39. The van der Waals surface area contributed by atoms with E-state index in [9.17, 15) is 13.6 Å². The molecule has 1 N–H and O–H groups in total. The number of alkyl halides is 2. The first-order valence-electron chi connectivity index (χ1n) is 6.51. The van der Waals surface area contributed by atoms with Crippen molar-refractivity contribution in [2.45, 2.75) is 25.3 Å². The zero-order valence-electron chi connectivity index (χ0n) is 11.0. The second-order valence-electron chi connectivity index (χ2n) is 4.81. The Morgan fingerprint density at radius 3 is 2.68 bits per heavy atom. The van der Waals surface area contributed by atoms with Gasteiger partial charge >= 0.3 is 0 Å². The van der Waals surface area contributed by atoms with Gasteiger partial charge in [-0.2, -0.15) is 0 Å². The zero-order chi connectivity index (χ0) is 13.8. The van der Waals surface area contributed by atoms with Gasteiger partial charge in [0.2, 0.25) is 0 Å². The van der Waals surface area contributed by atoms with Gasteiger partial charge in [0.15, 0.2) is 0 Å². The second-order valence-corrected chi connectivity index (χ2v) is 4.81. The van der Waals surface area contributed by atoms with Crippen LogP contribution in [0.3, 0.4) is 0 Å². The van der Waals surface area contributed by atoms with Crippen LogP contribution < -0.4 is 10.9 Å². The topological polar surface area (TPSA) is 37.3 Å². The van der Waals surface area contributed by atoms with Crippen LogP contribution in [0.15, 0.2) is 23.1 Å². The molecule has 1 fully saturated rings. The predicted molar refractivity (Wildman–Crippen MR) is 71.0 cm³/mol. The summed E-state index contributed by atoms with van der Waals surface area (Å²) in [4.78, 5) is 13.9. The van der Waals surface area contributed by atoms with E-state index in [0.717, 1.165) is 12.8 Å². The lowest BCUT2D eigenvalue weighted by Gasteiger charge is -2.32. The molecule has 0 aromatic carbocycles. The van der Waals surface area contributed by atoms with Crippen LogP contribution in [-0.4, -0.2) is 42.6 Å². The molecule has 0 aliphatic carbocycles. The maximum absolute atomic E-state index is 12.3. The fourth-order valence-corrected chi connectivity index (χ4v) is 2.56.